The first kappa shape index (κ1) is 9.58. The van der Waals surface area contributed by atoms with Gasteiger partial charge in [-0.3, -0.25) is 4.79 Å². The van der Waals surface area contributed by atoms with Crippen molar-refractivity contribution in [3.05, 3.63) is 36.0 Å². The normalized spacial score (nSPS) is 10.5. The highest BCUT2D eigenvalue weighted by Crippen LogP contribution is 2.19. The number of para-hydroxylation sites is 1. The minimum atomic E-state index is -0.0789. The third-order valence-electron chi connectivity index (χ3n) is 2.30. The number of hydrogen-bond acceptors (Lipinski definition) is 2. The first-order valence-corrected chi connectivity index (χ1v) is 4.71. The van der Waals surface area contributed by atoms with Crippen molar-refractivity contribution in [3.8, 4) is 0 Å². The maximum absolute atomic E-state index is 10.8. The lowest BCUT2D eigenvalue weighted by Crippen LogP contribution is -2.18. The van der Waals surface area contributed by atoms with Gasteiger partial charge in [-0.05, 0) is 6.07 Å². The highest BCUT2D eigenvalue weighted by Gasteiger charge is 2.06. The summed E-state index contributed by atoms with van der Waals surface area (Å²) in [5.74, 6) is -0.0789. The van der Waals surface area contributed by atoms with Gasteiger partial charge in [-0.25, -0.2) is 0 Å². The molecule has 0 fully saturated rings. The number of hydrogen-bond donors (Lipinski definition) is 2. The molecule has 4 heteroatoms. The summed E-state index contributed by atoms with van der Waals surface area (Å²) in [5.41, 5.74) is 1.65. The van der Waals surface area contributed by atoms with Crippen molar-refractivity contribution in [2.45, 2.75) is 13.5 Å². The van der Waals surface area contributed by atoms with Crippen LogP contribution in [-0.4, -0.2) is 15.8 Å². The van der Waals surface area contributed by atoms with Gasteiger partial charge < -0.3 is 10.5 Å². The van der Waals surface area contributed by atoms with Gasteiger partial charge in [0.05, 0.1) is 5.52 Å². The van der Waals surface area contributed by atoms with Crippen LogP contribution in [0.3, 0.4) is 0 Å². The van der Waals surface area contributed by atoms with Crippen molar-refractivity contribution in [1.29, 1.82) is 0 Å². The molecule has 2 rings (SSSR count). The molecule has 1 heterocycles. The molecule has 1 aromatic carbocycles. The molecule has 0 spiro atoms. The second kappa shape index (κ2) is 3.65. The average molecular weight is 204 g/mol. The van der Waals surface area contributed by atoms with Crippen LogP contribution in [0.15, 0.2) is 30.5 Å². The number of carbonyl (C=O) groups is 1. The van der Waals surface area contributed by atoms with E-state index in [4.69, 9.17) is 0 Å². The molecule has 4 nitrogen and oxygen atoms in total. The second-order valence-electron chi connectivity index (χ2n) is 3.43. The molecule has 78 valence electrons. The Morgan fingerprint density at radius 3 is 2.93 bits per heavy atom. The van der Waals surface area contributed by atoms with E-state index in [0.29, 0.717) is 6.54 Å². The Balaban J connectivity index is 2.39. The molecule has 2 aromatic rings. The van der Waals surface area contributed by atoms with Gasteiger partial charge in [-0.1, -0.05) is 18.2 Å². The van der Waals surface area contributed by atoms with Crippen LogP contribution >= 0.6 is 0 Å². The fourth-order valence-electron chi connectivity index (χ4n) is 1.59. The molecule has 1 amide bonds. The van der Waals surface area contributed by atoms with Gasteiger partial charge >= 0.3 is 0 Å². The summed E-state index contributed by atoms with van der Waals surface area (Å²) < 4.78 is 1.08. The SMILES string of the molecule is CC(=O)NCc1cn(O)c2ccccc12. The molecular weight excluding hydrogens is 192 g/mol. The first-order valence-electron chi connectivity index (χ1n) is 4.71. The van der Waals surface area contributed by atoms with Crippen molar-refractivity contribution in [2.75, 3.05) is 0 Å². The Labute approximate surface area is 87.1 Å². The fraction of sp³-hybridized carbons (Fsp3) is 0.182. The number of aromatic nitrogens is 1. The number of fused-ring (bicyclic) bond motifs is 1. The minimum absolute atomic E-state index is 0.0789. The standard InChI is InChI=1S/C11H12N2O2/c1-8(14)12-6-9-7-13(15)11-5-3-2-4-10(9)11/h2-5,7,15H,6H2,1H3,(H,12,14). The zero-order chi connectivity index (χ0) is 10.8. The number of nitrogens with zero attached hydrogens (tertiary/aromatic N) is 1. The van der Waals surface area contributed by atoms with Crippen LogP contribution in [0.5, 0.6) is 0 Å². The van der Waals surface area contributed by atoms with E-state index in [1.807, 2.05) is 24.3 Å². The lowest BCUT2D eigenvalue weighted by molar-refractivity contribution is -0.119. The van der Waals surface area contributed by atoms with E-state index >= 15 is 0 Å². The van der Waals surface area contributed by atoms with Gasteiger partial charge in [0.25, 0.3) is 0 Å². The molecule has 0 unspecified atom stereocenters. The maximum atomic E-state index is 10.8. The molecular formula is C11H12N2O2. The molecule has 0 saturated heterocycles. The summed E-state index contributed by atoms with van der Waals surface area (Å²) in [6.07, 6.45) is 1.61. The van der Waals surface area contributed by atoms with Crippen LogP contribution in [0.1, 0.15) is 12.5 Å². The smallest absolute Gasteiger partial charge is 0.217 e. The zero-order valence-electron chi connectivity index (χ0n) is 8.40. The number of carbonyl (C=O) groups excluding carboxylic acids is 1. The van der Waals surface area contributed by atoms with E-state index in [2.05, 4.69) is 5.32 Å². The monoisotopic (exact) mass is 204 g/mol. The molecule has 0 aliphatic heterocycles. The summed E-state index contributed by atoms with van der Waals surface area (Å²) in [4.78, 5) is 10.8. The highest BCUT2D eigenvalue weighted by atomic mass is 16.5. The Kier molecular flexibility index (Phi) is 2.33. The lowest BCUT2D eigenvalue weighted by Gasteiger charge is -1.99. The van der Waals surface area contributed by atoms with Gasteiger partial charge in [0, 0.05) is 30.6 Å². The molecule has 1 aromatic heterocycles. The van der Waals surface area contributed by atoms with Gasteiger partial charge in [-0.15, -0.1) is 0 Å². The number of nitrogens with one attached hydrogen (secondary N) is 1. The average Bonchev–Trinajstić information content (AvgIpc) is 2.54. The fourth-order valence-corrected chi connectivity index (χ4v) is 1.59. The maximum Gasteiger partial charge on any atom is 0.217 e. The topological polar surface area (TPSA) is 54.3 Å². The molecule has 0 atom stereocenters. The molecule has 2 N–H and O–H groups in total. The van der Waals surface area contributed by atoms with Crippen molar-refractivity contribution >= 4 is 16.8 Å². The minimum Gasteiger partial charge on any atom is -0.428 e. The van der Waals surface area contributed by atoms with Crippen molar-refractivity contribution in [1.82, 2.24) is 10.0 Å². The summed E-state index contributed by atoms with van der Waals surface area (Å²) in [7, 11) is 0. The van der Waals surface area contributed by atoms with Crippen LogP contribution in [-0.2, 0) is 11.3 Å². The Bertz CT molecular complexity index is 502. The lowest BCUT2D eigenvalue weighted by atomic mass is 10.2. The van der Waals surface area contributed by atoms with E-state index in [1.54, 1.807) is 6.20 Å². The summed E-state index contributed by atoms with van der Waals surface area (Å²) in [5, 5.41) is 13.2. The number of benzene rings is 1. The van der Waals surface area contributed by atoms with Crippen molar-refractivity contribution in [3.63, 3.8) is 0 Å². The van der Waals surface area contributed by atoms with Gasteiger partial charge in [0.2, 0.25) is 5.91 Å². The van der Waals surface area contributed by atoms with E-state index in [9.17, 15) is 10.0 Å². The molecule has 0 radical (unpaired) electrons. The zero-order valence-corrected chi connectivity index (χ0v) is 8.40. The quantitative estimate of drug-likeness (QED) is 0.728. The van der Waals surface area contributed by atoms with E-state index in [1.165, 1.54) is 6.92 Å². The molecule has 0 aliphatic carbocycles. The van der Waals surface area contributed by atoms with Crippen LogP contribution in [0.2, 0.25) is 0 Å². The summed E-state index contributed by atoms with van der Waals surface area (Å²) in [6, 6.07) is 7.50. The second-order valence-corrected chi connectivity index (χ2v) is 3.43. The third kappa shape index (κ3) is 1.79. The van der Waals surface area contributed by atoms with Crippen LogP contribution < -0.4 is 5.32 Å². The molecule has 0 bridgehead atoms. The Morgan fingerprint density at radius 1 is 1.47 bits per heavy atom. The van der Waals surface area contributed by atoms with Crippen molar-refractivity contribution < 1.29 is 10.0 Å². The number of amides is 1. The number of rotatable bonds is 2. The van der Waals surface area contributed by atoms with Crippen molar-refractivity contribution in [2.24, 2.45) is 0 Å². The highest BCUT2D eigenvalue weighted by molar-refractivity contribution is 5.84. The third-order valence-corrected chi connectivity index (χ3v) is 2.30. The van der Waals surface area contributed by atoms with Gasteiger partial charge in [0.15, 0.2) is 0 Å². The Morgan fingerprint density at radius 2 is 2.20 bits per heavy atom. The summed E-state index contributed by atoms with van der Waals surface area (Å²) >= 11 is 0. The van der Waals surface area contributed by atoms with E-state index in [0.717, 1.165) is 21.2 Å². The van der Waals surface area contributed by atoms with Crippen LogP contribution in [0, 0.1) is 0 Å². The van der Waals surface area contributed by atoms with E-state index in [-0.39, 0.29) is 5.91 Å². The predicted octanol–water partition coefficient (Wildman–Crippen LogP) is 1.51. The van der Waals surface area contributed by atoms with Gasteiger partial charge in [-0.2, -0.15) is 4.73 Å². The Hall–Kier alpha value is -1.97. The van der Waals surface area contributed by atoms with Crippen LogP contribution in [0.4, 0.5) is 0 Å². The first-order chi connectivity index (χ1) is 7.18. The molecule has 0 saturated carbocycles. The molecule has 15 heavy (non-hydrogen) atoms. The largest absolute Gasteiger partial charge is 0.428 e. The van der Waals surface area contributed by atoms with Crippen LogP contribution in [0.25, 0.3) is 10.9 Å². The van der Waals surface area contributed by atoms with E-state index < -0.39 is 0 Å². The summed E-state index contributed by atoms with van der Waals surface area (Å²) in [6.45, 7) is 1.90. The van der Waals surface area contributed by atoms with Gasteiger partial charge in [0.1, 0.15) is 0 Å². The predicted molar refractivity (Wildman–Crippen MR) is 56.6 cm³/mol. The molecule has 0 aliphatic rings.